The SMILES string of the molecule is COC(=O)CN(C(=O)c1ccc2c(c1)C(=O)N(Cc1ccco1)C2=O)c1ccccc1. The lowest BCUT2D eigenvalue weighted by Gasteiger charge is -2.21. The zero-order valence-corrected chi connectivity index (χ0v) is 16.6. The first-order valence-corrected chi connectivity index (χ1v) is 9.46. The summed E-state index contributed by atoms with van der Waals surface area (Å²) < 4.78 is 9.94. The summed E-state index contributed by atoms with van der Waals surface area (Å²) in [6.07, 6.45) is 1.46. The Morgan fingerprint density at radius 3 is 2.39 bits per heavy atom. The second kappa shape index (κ2) is 8.27. The fraction of sp³-hybridized carbons (Fsp3) is 0.130. The second-order valence-electron chi connectivity index (χ2n) is 6.84. The Morgan fingerprint density at radius 2 is 1.71 bits per heavy atom. The number of rotatable bonds is 6. The molecule has 0 N–H and O–H groups in total. The van der Waals surface area contributed by atoms with E-state index < -0.39 is 23.7 Å². The molecule has 2 heterocycles. The topological polar surface area (TPSA) is 97.1 Å². The van der Waals surface area contributed by atoms with Gasteiger partial charge < -0.3 is 9.15 Å². The van der Waals surface area contributed by atoms with Crippen molar-refractivity contribution in [2.24, 2.45) is 0 Å². The normalized spacial score (nSPS) is 12.6. The van der Waals surface area contributed by atoms with Gasteiger partial charge in [0.25, 0.3) is 17.7 Å². The lowest BCUT2D eigenvalue weighted by atomic mass is 10.0. The Morgan fingerprint density at radius 1 is 0.968 bits per heavy atom. The summed E-state index contributed by atoms with van der Waals surface area (Å²) in [6.45, 7) is -0.297. The summed E-state index contributed by atoms with van der Waals surface area (Å²) in [5.41, 5.74) is 1.02. The molecule has 0 radical (unpaired) electrons. The Labute approximate surface area is 177 Å². The highest BCUT2D eigenvalue weighted by atomic mass is 16.5. The number of anilines is 1. The first-order chi connectivity index (χ1) is 15.0. The summed E-state index contributed by atoms with van der Waals surface area (Å²) in [4.78, 5) is 52.9. The number of carbonyl (C=O) groups excluding carboxylic acids is 4. The van der Waals surface area contributed by atoms with Gasteiger partial charge in [-0.1, -0.05) is 18.2 Å². The van der Waals surface area contributed by atoms with Gasteiger partial charge in [-0.2, -0.15) is 0 Å². The van der Waals surface area contributed by atoms with Gasteiger partial charge in [0.2, 0.25) is 0 Å². The van der Waals surface area contributed by atoms with Crippen LogP contribution in [-0.4, -0.2) is 42.2 Å². The number of benzene rings is 2. The highest BCUT2D eigenvalue weighted by Gasteiger charge is 2.37. The summed E-state index contributed by atoms with van der Waals surface area (Å²) in [5, 5.41) is 0. The molecule has 1 aliphatic heterocycles. The van der Waals surface area contributed by atoms with E-state index in [4.69, 9.17) is 9.15 Å². The average Bonchev–Trinajstić information content (AvgIpc) is 3.40. The molecule has 1 aliphatic rings. The third-order valence-corrected chi connectivity index (χ3v) is 4.94. The second-order valence-corrected chi connectivity index (χ2v) is 6.84. The van der Waals surface area contributed by atoms with Crippen LogP contribution in [0.25, 0.3) is 0 Å². The molecule has 3 aromatic rings. The van der Waals surface area contributed by atoms with Crippen LogP contribution in [-0.2, 0) is 16.1 Å². The van der Waals surface area contributed by atoms with Gasteiger partial charge in [-0.3, -0.25) is 29.0 Å². The molecule has 0 atom stereocenters. The van der Waals surface area contributed by atoms with Gasteiger partial charge in [-0.25, -0.2) is 0 Å². The molecule has 0 spiro atoms. The number of para-hydroxylation sites is 1. The molecule has 8 nitrogen and oxygen atoms in total. The number of carbonyl (C=O) groups is 4. The highest BCUT2D eigenvalue weighted by Crippen LogP contribution is 2.27. The number of methoxy groups -OCH3 is 1. The summed E-state index contributed by atoms with van der Waals surface area (Å²) in [6, 6.07) is 16.3. The Hall–Kier alpha value is -4.20. The van der Waals surface area contributed by atoms with Crippen LogP contribution in [0, 0.1) is 0 Å². The van der Waals surface area contributed by atoms with Crippen molar-refractivity contribution in [1.82, 2.24) is 4.90 Å². The van der Waals surface area contributed by atoms with E-state index in [1.165, 1.54) is 36.5 Å². The molecular formula is C23H18N2O6. The molecule has 31 heavy (non-hydrogen) atoms. The monoisotopic (exact) mass is 418 g/mol. The van der Waals surface area contributed by atoms with Crippen LogP contribution in [0.4, 0.5) is 5.69 Å². The number of fused-ring (bicyclic) bond motifs is 1. The van der Waals surface area contributed by atoms with E-state index in [9.17, 15) is 19.2 Å². The fourth-order valence-electron chi connectivity index (χ4n) is 3.36. The minimum atomic E-state index is -0.589. The maximum absolute atomic E-state index is 13.2. The van der Waals surface area contributed by atoms with Crippen molar-refractivity contribution in [1.29, 1.82) is 0 Å². The molecule has 1 aromatic heterocycles. The smallest absolute Gasteiger partial charge is 0.325 e. The fourth-order valence-corrected chi connectivity index (χ4v) is 3.36. The van der Waals surface area contributed by atoms with E-state index in [1.54, 1.807) is 42.5 Å². The number of hydrogen-bond acceptors (Lipinski definition) is 6. The summed E-state index contributed by atoms with van der Waals surface area (Å²) >= 11 is 0. The van der Waals surface area contributed by atoms with E-state index in [0.717, 1.165) is 4.90 Å². The van der Waals surface area contributed by atoms with Crippen molar-refractivity contribution in [2.75, 3.05) is 18.6 Å². The van der Waals surface area contributed by atoms with Gasteiger partial charge in [0.15, 0.2) is 0 Å². The third kappa shape index (κ3) is 3.83. The van der Waals surface area contributed by atoms with E-state index in [2.05, 4.69) is 0 Å². The lowest BCUT2D eigenvalue weighted by Crippen LogP contribution is -2.36. The molecule has 0 unspecified atom stereocenters. The van der Waals surface area contributed by atoms with Gasteiger partial charge in [0.1, 0.15) is 12.3 Å². The molecule has 3 amide bonds. The number of esters is 1. The van der Waals surface area contributed by atoms with Crippen LogP contribution in [0.5, 0.6) is 0 Å². The van der Waals surface area contributed by atoms with Gasteiger partial charge in [0.05, 0.1) is 31.0 Å². The van der Waals surface area contributed by atoms with E-state index in [1.807, 2.05) is 0 Å². The number of amides is 3. The maximum atomic E-state index is 13.2. The van der Waals surface area contributed by atoms with Crippen molar-refractivity contribution in [3.8, 4) is 0 Å². The van der Waals surface area contributed by atoms with E-state index in [0.29, 0.717) is 11.4 Å². The zero-order chi connectivity index (χ0) is 22.0. The summed E-state index contributed by atoms with van der Waals surface area (Å²) in [7, 11) is 1.24. The molecule has 0 bridgehead atoms. The van der Waals surface area contributed by atoms with Crippen molar-refractivity contribution >= 4 is 29.4 Å². The van der Waals surface area contributed by atoms with Crippen molar-refractivity contribution in [3.05, 3.63) is 89.4 Å². The number of hydrogen-bond donors (Lipinski definition) is 0. The average molecular weight is 418 g/mol. The molecule has 2 aromatic carbocycles. The summed E-state index contributed by atoms with van der Waals surface area (Å²) in [5.74, 6) is -1.58. The maximum Gasteiger partial charge on any atom is 0.325 e. The predicted octanol–water partition coefficient (Wildman–Crippen LogP) is 2.90. The van der Waals surface area contributed by atoms with Gasteiger partial charge in [-0.15, -0.1) is 0 Å². The molecular weight excluding hydrogens is 400 g/mol. The van der Waals surface area contributed by atoms with Crippen LogP contribution in [0.15, 0.2) is 71.3 Å². The van der Waals surface area contributed by atoms with E-state index in [-0.39, 0.29) is 29.8 Å². The molecule has 0 aliphatic carbocycles. The largest absolute Gasteiger partial charge is 0.468 e. The van der Waals surface area contributed by atoms with Crippen LogP contribution in [0.1, 0.15) is 36.8 Å². The van der Waals surface area contributed by atoms with Crippen molar-refractivity contribution in [2.45, 2.75) is 6.54 Å². The molecule has 0 fully saturated rings. The number of imide groups is 1. The van der Waals surface area contributed by atoms with Crippen molar-refractivity contribution in [3.63, 3.8) is 0 Å². The molecule has 0 saturated carbocycles. The Kier molecular flexibility index (Phi) is 5.36. The quantitative estimate of drug-likeness (QED) is 0.451. The standard InChI is InChI=1S/C23H18N2O6/c1-30-20(26)14-24(16-6-3-2-4-7-16)21(27)15-9-10-18-19(12-15)23(29)25(22(18)28)13-17-8-5-11-31-17/h2-12H,13-14H2,1H3. The lowest BCUT2D eigenvalue weighted by molar-refractivity contribution is -0.138. The van der Waals surface area contributed by atoms with Gasteiger partial charge in [-0.05, 0) is 42.5 Å². The van der Waals surface area contributed by atoms with Crippen molar-refractivity contribution < 1.29 is 28.3 Å². The minimum absolute atomic E-state index is 0.00110. The Balaban J connectivity index is 1.64. The Bertz CT molecular complexity index is 1150. The number of nitrogens with zero attached hydrogens (tertiary/aromatic N) is 2. The first-order valence-electron chi connectivity index (χ1n) is 9.46. The van der Waals surface area contributed by atoms with Crippen LogP contribution in [0.2, 0.25) is 0 Å². The van der Waals surface area contributed by atoms with Gasteiger partial charge in [0, 0.05) is 11.3 Å². The molecule has 0 saturated heterocycles. The molecule has 156 valence electrons. The molecule has 8 heteroatoms. The van der Waals surface area contributed by atoms with Crippen LogP contribution in [0.3, 0.4) is 0 Å². The zero-order valence-electron chi connectivity index (χ0n) is 16.6. The van der Waals surface area contributed by atoms with Gasteiger partial charge >= 0.3 is 5.97 Å². The minimum Gasteiger partial charge on any atom is -0.468 e. The number of furan rings is 1. The third-order valence-electron chi connectivity index (χ3n) is 4.94. The highest BCUT2D eigenvalue weighted by molar-refractivity contribution is 6.22. The molecule has 4 rings (SSSR count). The first kappa shape index (κ1) is 20.1. The number of ether oxygens (including phenoxy) is 1. The van der Waals surface area contributed by atoms with Crippen LogP contribution >= 0.6 is 0 Å². The van der Waals surface area contributed by atoms with E-state index >= 15 is 0 Å². The predicted molar refractivity (Wildman–Crippen MR) is 109 cm³/mol. The van der Waals surface area contributed by atoms with Crippen LogP contribution < -0.4 is 4.90 Å².